The molecular weight excluding hydrogens is 532 g/mol. The molecule has 4 rings (SSSR count). The van der Waals surface area contributed by atoms with E-state index < -0.39 is 11.2 Å². The zero-order chi connectivity index (χ0) is 29.5. The summed E-state index contributed by atoms with van der Waals surface area (Å²) in [6.07, 6.45) is 8.54. The fourth-order valence-corrected chi connectivity index (χ4v) is 6.10. The molecule has 41 heavy (non-hydrogen) atoms. The maximum atomic E-state index is 12.0. The number of hydrogen-bond donors (Lipinski definition) is 0. The summed E-state index contributed by atoms with van der Waals surface area (Å²) in [6, 6.07) is 17.4. The minimum absolute atomic E-state index is 0.0200. The van der Waals surface area contributed by atoms with Crippen LogP contribution in [-0.4, -0.2) is 36.3 Å². The van der Waals surface area contributed by atoms with E-state index in [4.69, 9.17) is 18.6 Å². The van der Waals surface area contributed by atoms with Crippen molar-refractivity contribution in [2.75, 3.05) is 12.4 Å². The van der Waals surface area contributed by atoms with Gasteiger partial charge in [-0.1, -0.05) is 44.0 Å². The summed E-state index contributed by atoms with van der Waals surface area (Å²) in [6.45, 7) is 12.2. The summed E-state index contributed by atoms with van der Waals surface area (Å²) in [7, 11) is 0. The second-order valence-electron chi connectivity index (χ2n) is 12.7. The molecule has 1 aliphatic heterocycles. The van der Waals surface area contributed by atoms with Gasteiger partial charge < -0.3 is 18.6 Å². The monoisotopic (exact) mass is 580 g/mol. The molecule has 5 nitrogen and oxygen atoms in total. The Morgan fingerprint density at radius 3 is 2.32 bits per heavy atom. The molecule has 0 aliphatic carbocycles. The van der Waals surface area contributed by atoms with Gasteiger partial charge in [-0.25, -0.2) is 0 Å². The molecule has 0 bridgehead atoms. The fourth-order valence-electron chi connectivity index (χ4n) is 5.20. The van der Waals surface area contributed by atoms with Crippen LogP contribution in [0.4, 0.5) is 0 Å². The number of furan rings is 1. The van der Waals surface area contributed by atoms with E-state index >= 15 is 0 Å². The third-order valence-corrected chi connectivity index (χ3v) is 8.54. The van der Waals surface area contributed by atoms with Gasteiger partial charge in [-0.05, 0) is 109 Å². The van der Waals surface area contributed by atoms with Gasteiger partial charge in [0.2, 0.25) is 0 Å². The van der Waals surface area contributed by atoms with E-state index in [-0.39, 0.29) is 18.2 Å². The molecule has 1 fully saturated rings. The highest BCUT2D eigenvalue weighted by molar-refractivity contribution is 7.99. The Balaban J connectivity index is 1.24. The Morgan fingerprint density at radius 2 is 1.63 bits per heavy atom. The van der Waals surface area contributed by atoms with Gasteiger partial charge in [-0.3, -0.25) is 4.79 Å². The molecule has 0 amide bonds. The summed E-state index contributed by atoms with van der Waals surface area (Å²) in [5.41, 5.74) is 2.97. The van der Waals surface area contributed by atoms with Crippen molar-refractivity contribution in [2.45, 2.75) is 116 Å². The number of esters is 1. The highest BCUT2D eigenvalue weighted by Crippen LogP contribution is 2.35. The number of carbonyl (C=O) groups excluding carboxylic acids is 1. The van der Waals surface area contributed by atoms with Crippen molar-refractivity contribution in [1.29, 1.82) is 0 Å². The topological polar surface area (TPSA) is 57.9 Å². The number of hydrogen-bond acceptors (Lipinski definition) is 6. The van der Waals surface area contributed by atoms with Crippen molar-refractivity contribution >= 4 is 28.7 Å². The summed E-state index contributed by atoms with van der Waals surface area (Å²) in [4.78, 5) is 13.2. The van der Waals surface area contributed by atoms with Gasteiger partial charge in [0.1, 0.15) is 11.3 Å². The number of thioether (sulfide) groups is 1. The molecule has 2 aromatic carbocycles. The summed E-state index contributed by atoms with van der Waals surface area (Å²) >= 11 is 1.85. The normalized spacial score (nSPS) is 18.7. The van der Waals surface area contributed by atoms with Crippen molar-refractivity contribution in [3.63, 3.8) is 0 Å². The van der Waals surface area contributed by atoms with Crippen LogP contribution in [0.15, 0.2) is 57.8 Å². The molecule has 0 spiro atoms. The molecule has 2 atom stereocenters. The predicted octanol–water partition coefficient (Wildman–Crippen LogP) is 9.59. The van der Waals surface area contributed by atoms with E-state index in [1.54, 1.807) is 0 Å². The van der Waals surface area contributed by atoms with Crippen LogP contribution in [0.2, 0.25) is 0 Å². The summed E-state index contributed by atoms with van der Waals surface area (Å²) < 4.78 is 24.1. The van der Waals surface area contributed by atoms with Crippen molar-refractivity contribution in [3.8, 4) is 11.3 Å². The van der Waals surface area contributed by atoms with Gasteiger partial charge in [-0.2, -0.15) is 0 Å². The summed E-state index contributed by atoms with van der Waals surface area (Å²) in [5.74, 6) is 1.17. The van der Waals surface area contributed by atoms with Crippen molar-refractivity contribution in [2.24, 2.45) is 5.41 Å². The predicted molar refractivity (Wildman–Crippen MR) is 168 cm³/mol. The van der Waals surface area contributed by atoms with E-state index in [1.807, 2.05) is 46.4 Å². The Morgan fingerprint density at radius 1 is 0.927 bits per heavy atom. The van der Waals surface area contributed by atoms with Crippen LogP contribution in [0.1, 0.15) is 92.1 Å². The molecular formula is C35H48O5S. The number of aryl methyl sites for hydroxylation is 1. The van der Waals surface area contributed by atoms with Gasteiger partial charge in [0.25, 0.3) is 0 Å². The zero-order valence-electron chi connectivity index (χ0n) is 25.8. The lowest BCUT2D eigenvalue weighted by molar-refractivity contribution is -0.154. The molecule has 6 heteroatoms. The van der Waals surface area contributed by atoms with E-state index in [0.717, 1.165) is 60.1 Å². The number of fused-ring (bicyclic) bond motifs is 1. The van der Waals surface area contributed by atoms with Crippen molar-refractivity contribution in [1.82, 2.24) is 0 Å². The maximum Gasteiger partial charge on any atom is 0.311 e. The Bertz CT molecular complexity index is 1250. The molecule has 3 aromatic rings. The van der Waals surface area contributed by atoms with Crippen LogP contribution in [0.5, 0.6) is 0 Å². The van der Waals surface area contributed by atoms with Crippen LogP contribution in [0, 0.1) is 5.41 Å². The van der Waals surface area contributed by atoms with Gasteiger partial charge in [-0.15, -0.1) is 11.8 Å². The SMILES string of the molecule is CCCCCc1ccc(-c2cc3ccc(SCCCC4OC(C)(C)OC4CCCOC(=O)C(C)(C)C)cc3o2)cc1. The van der Waals surface area contributed by atoms with Crippen LogP contribution in [-0.2, 0) is 25.4 Å². The largest absolute Gasteiger partial charge is 0.465 e. The molecule has 0 saturated carbocycles. The standard InChI is InChI=1S/C35H48O5S/c1-7-8-9-12-25-15-17-26(18-16-25)31-23-27-19-20-28(24-32(27)38-31)41-22-11-14-30-29(39-35(5,6)40-30)13-10-21-37-33(36)34(2,3)4/h15-20,23-24,29-30H,7-14,21-22H2,1-6H3. The minimum Gasteiger partial charge on any atom is -0.465 e. The third kappa shape index (κ3) is 9.36. The Labute approximate surface area is 250 Å². The van der Waals surface area contributed by atoms with Crippen LogP contribution < -0.4 is 0 Å². The first kappa shape index (κ1) is 31.7. The average Bonchev–Trinajstić information content (AvgIpc) is 3.48. The molecule has 0 radical (unpaired) electrons. The summed E-state index contributed by atoms with van der Waals surface area (Å²) in [5, 5.41) is 1.13. The fraction of sp³-hybridized carbons (Fsp3) is 0.571. The number of carbonyl (C=O) groups is 1. The van der Waals surface area contributed by atoms with Gasteiger partial charge in [0, 0.05) is 15.8 Å². The smallest absolute Gasteiger partial charge is 0.311 e. The highest BCUT2D eigenvalue weighted by Gasteiger charge is 2.40. The minimum atomic E-state index is -0.581. The van der Waals surface area contributed by atoms with Gasteiger partial charge in [0.15, 0.2) is 5.79 Å². The third-order valence-electron chi connectivity index (χ3n) is 7.46. The first-order chi connectivity index (χ1) is 19.5. The highest BCUT2D eigenvalue weighted by atomic mass is 32.2. The first-order valence-electron chi connectivity index (χ1n) is 15.3. The second-order valence-corrected chi connectivity index (χ2v) is 13.9. The van der Waals surface area contributed by atoms with Crippen molar-refractivity contribution in [3.05, 3.63) is 54.1 Å². The molecule has 2 unspecified atom stereocenters. The zero-order valence-corrected chi connectivity index (χ0v) is 26.6. The number of rotatable bonds is 14. The maximum absolute atomic E-state index is 12.0. The molecule has 1 saturated heterocycles. The Kier molecular flexibility index (Phi) is 11.0. The second kappa shape index (κ2) is 14.3. The van der Waals surface area contributed by atoms with Crippen LogP contribution >= 0.6 is 11.8 Å². The first-order valence-corrected chi connectivity index (χ1v) is 16.3. The molecule has 1 aromatic heterocycles. The lowest BCUT2D eigenvalue weighted by atomic mass is 9.97. The molecule has 0 N–H and O–H groups in total. The van der Waals surface area contributed by atoms with E-state index in [2.05, 4.69) is 55.5 Å². The van der Waals surface area contributed by atoms with Gasteiger partial charge >= 0.3 is 5.97 Å². The quantitative estimate of drug-likeness (QED) is 0.107. The number of unbranched alkanes of at least 4 members (excludes halogenated alkanes) is 2. The number of ether oxygens (including phenoxy) is 3. The van der Waals surface area contributed by atoms with Crippen LogP contribution in [0.3, 0.4) is 0 Å². The number of benzene rings is 2. The van der Waals surface area contributed by atoms with Crippen molar-refractivity contribution < 1.29 is 23.4 Å². The Hall–Kier alpha value is -2.28. The van der Waals surface area contributed by atoms with E-state index in [0.29, 0.717) is 6.61 Å². The molecule has 224 valence electrons. The lowest BCUT2D eigenvalue weighted by Gasteiger charge is -2.19. The lowest BCUT2D eigenvalue weighted by Crippen LogP contribution is -2.25. The van der Waals surface area contributed by atoms with E-state index in [1.165, 1.54) is 29.7 Å². The molecule has 2 heterocycles. The average molecular weight is 581 g/mol. The molecule has 1 aliphatic rings. The van der Waals surface area contributed by atoms with Gasteiger partial charge in [0.05, 0.1) is 24.2 Å². The van der Waals surface area contributed by atoms with E-state index in [9.17, 15) is 4.79 Å². The van der Waals surface area contributed by atoms with Crippen LogP contribution in [0.25, 0.3) is 22.3 Å².